The summed E-state index contributed by atoms with van der Waals surface area (Å²) in [7, 11) is 1.52. The second-order valence-electron chi connectivity index (χ2n) is 6.52. The molecule has 0 bridgehead atoms. The van der Waals surface area contributed by atoms with Crippen LogP contribution < -0.4 is 10.1 Å². The van der Waals surface area contributed by atoms with Gasteiger partial charge in [-0.15, -0.1) is 5.10 Å². The lowest BCUT2D eigenvalue weighted by atomic mass is 10.2. The van der Waals surface area contributed by atoms with Gasteiger partial charge in [-0.3, -0.25) is 4.79 Å². The lowest BCUT2D eigenvalue weighted by Gasteiger charge is -2.10. The number of ether oxygens (including phenoxy) is 2. The molecule has 3 rings (SSSR count). The minimum absolute atomic E-state index is 0.416. The van der Waals surface area contributed by atoms with Crippen LogP contribution in [0, 0.1) is 6.92 Å². The van der Waals surface area contributed by atoms with E-state index in [9.17, 15) is 9.59 Å². The number of carbonyl (C=O) groups is 2. The van der Waals surface area contributed by atoms with Gasteiger partial charge in [0.05, 0.1) is 25.5 Å². The number of anilines is 1. The Labute approximate surface area is 174 Å². The van der Waals surface area contributed by atoms with Gasteiger partial charge in [0.25, 0.3) is 5.91 Å². The maximum absolute atomic E-state index is 12.1. The average Bonchev–Trinajstić information content (AvgIpc) is 3.19. The number of nitrogens with one attached hydrogen (secondary N) is 1. The van der Waals surface area contributed by atoms with Crippen molar-refractivity contribution in [1.29, 1.82) is 0 Å². The molecule has 0 spiro atoms. The van der Waals surface area contributed by atoms with Gasteiger partial charge in [0.1, 0.15) is 11.4 Å². The Bertz CT molecular complexity index is 1040. The Morgan fingerprint density at radius 3 is 2.73 bits per heavy atom. The molecule has 0 unspecified atom stereocenters. The highest BCUT2D eigenvalue weighted by molar-refractivity contribution is 5.95. The number of carbonyl (C=O) groups excluding carboxylic acids is 2. The molecule has 8 nitrogen and oxygen atoms in total. The summed E-state index contributed by atoms with van der Waals surface area (Å²) in [5.74, 6) is -0.591. The van der Waals surface area contributed by atoms with Crippen molar-refractivity contribution < 1.29 is 19.1 Å². The molecule has 1 N–H and O–H groups in total. The SMILES string of the molecule is COc1ccc(C)cc1NC(=O)COC(=O)/C=C/c1cn(Cc2ccccc2)nn1. The number of hydrogen-bond donors (Lipinski definition) is 1. The fraction of sp³-hybridized carbons (Fsp3) is 0.182. The van der Waals surface area contributed by atoms with Crippen molar-refractivity contribution in [3.05, 3.63) is 77.6 Å². The molecule has 1 aromatic heterocycles. The first kappa shape index (κ1) is 20.8. The van der Waals surface area contributed by atoms with E-state index in [1.54, 1.807) is 23.0 Å². The summed E-state index contributed by atoms with van der Waals surface area (Å²) >= 11 is 0. The van der Waals surface area contributed by atoms with E-state index < -0.39 is 18.5 Å². The van der Waals surface area contributed by atoms with E-state index in [0.717, 1.165) is 11.1 Å². The monoisotopic (exact) mass is 406 g/mol. The van der Waals surface area contributed by atoms with Crippen LogP contribution in [0.2, 0.25) is 0 Å². The van der Waals surface area contributed by atoms with Gasteiger partial charge in [0.15, 0.2) is 6.61 Å². The third-order valence-electron chi connectivity index (χ3n) is 4.11. The smallest absolute Gasteiger partial charge is 0.331 e. The molecular formula is C22H22N4O4. The van der Waals surface area contributed by atoms with Crippen molar-refractivity contribution in [2.75, 3.05) is 19.0 Å². The summed E-state index contributed by atoms with van der Waals surface area (Å²) in [5, 5.41) is 10.7. The number of benzene rings is 2. The Morgan fingerprint density at radius 2 is 1.97 bits per heavy atom. The van der Waals surface area contributed by atoms with E-state index in [1.807, 2.05) is 43.3 Å². The van der Waals surface area contributed by atoms with Gasteiger partial charge in [-0.2, -0.15) is 0 Å². The molecule has 8 heteroatoms. The van der Waals surface area contributed by atoms with Crippen molar-refractivity contribution in [2.24, 2.45) is 0 Å². The van der Waals surface area contributed by atoms with Crippen LogP contribution in [0.1, 0.15) is 16.8 Å². The highest BCUT2D eigenvalue weighted by Crippen LogP contribution is 2.25. The molecule has 0 aliphatic rings. The van der Waals surface area contributed by atoms with E-state index in [1.165, 1.54) is 19.3 Å². The molecule has 1 heterocycles. The molecule has 2 aromatic carbocycles. The molecule has 0 saturated heterocycles. The van der Waals surface area contributed by atoms with E-state index in [2.05, 4.69) is 15.6 Å². The zero-order valence-electron chi connectivity index (χ0n) is 16.7. The summed E-state index contributed by atoms with van der Waals surface area (Å²) in [4.78, 5) is 23.9. The Hall–Kier alpha value is -3.94. The van der Waals surface area contributed by atoms with E-state index in [-0.39, 0.29) is 0 Å². The van der Waals surface area contributed by atoms with Gasteiger partial charge in [-0.1, -0.05) is 41.6 Å². The number of esters is 1. The average molecular weight is 406 g/mol. The Morgan fingerprint density at radius 1 is 1.17 bits per heavy atom. The van der Waals surface area contributed by atoms with Gasteiger partial charge in [0, 0.05) is 6.08 Å². The van der Waals surface area contributed by atoms with Crippen molar-refractivity contribution in [3.8, 4) is 5.75 Å². The van der Waals surface area contributed by atoms with E-state index in [4.69, 9.17) is 9.47 Å². The fourth-order valence-corrected chi connectivity index (χ4v) is 2.68. The van der Waals surface area contributed by atoms with Crippen LogP contribution in [0.4, 0.5) is 5.69 Å². The highest BCUT2D eigenvalue weighted by atomic mass is 16.5. The molecule has 0 atom stereocenters. The summed E-state index contributed by atoms with van der Waals surface area (Å²) in [6, 6.07) is 15.2. The topological polar surface area (TPSA) is 95.3 Å². The minimum Gasteiger partial charge on any atom is -0.495 e. The quantitative estimate of drug-likeness (QED) is 0.457. The van der Waals surface area contributed by atoms with Crippen LogP contribution in [0.15, 0.2) is 60.8 Å². The predicted octanol–water partition coefficient (Wildman–Crippen LogP) is 2.84. The van der Waals surface area contributed by atoms with E-state index in [0.29, 0.717) is 23.7 Å². The Kier molecular flexibility index (Phi) is 6.94. The van der Waals surface area contributed by atoms with Crippen LogP contribution in [-0.4, -0.2) is 40.6 Å². The van der Waals surface area contributed by atoms with Gasteiger partial charge < -0.3 is 14.8 Å². The van der Waals surface area contributed by atoms with Gasteiger partial charge in [-0.25, -0.2) is 9.48 Å². The molecule has 30 heavy (non-hydrogen) atoms. The maximum Gasteiger partial charge on any atom is 0.331 e. The molecule has 3 aromatic rings. The summed E-state index contributed by atoms with van der Waals surface area (Å²) in [6.07, 6.45) is 4.41. The highest BCUT2D eigenvalue weighted by Gasteiger charge is 2.10. The van der Waals surface area contributed by atoms with Crippen molar-refractivity contribution in [1.82, 2.24) is 15.0 Å². The molecule has 0 fully saturated rings. The third-order valence-corrected chi connectivity index (χ3v) is 4.11. The third kappa shape index (κ3) is 6.03. The summed E-state index contributed by atoms with van der Waals surface area (Å²) in [6.45, 7) is 2.06. The fourth-order valence-electron chi connectivity index (χ4n) is 2.68. The standard InChI is InChI=1S/C22H22N4O4/c1-16-8-10-20(29-2)19(12-16)23-21(27)15-30-22(28)11-9-18-14-26(25-24-18)13-17-6-4-3-5-7-17/h3-12,14H,13,15H2,1-2H3,(H,23,27)/b11-9+. The molecule has 1 amide bonds. The number of methoxy groups -OCH3 is 1. The largest absolute Gasteiger partial charge is 0.495 e. The van der Waals surface area contributed by atoms with Crippen molar-refractivity contribution in [2.45, 2.75) is 13.5 Å². The van der Waals surface area contributed by atoms with Crippen LogP contribution in [0.3, 0.4) is 0 Å². The normalized spacial score (nSPS) is 10.7. The van der Waals surface area contributed by atoms with Crippen LogP contribution in [0.25, 0.3) is 6.08 Å². The first-order valence-electron chi connectivity index (χ1n) is 9.27. The van der Waals surface area contributed by atoms with Gasteiger partial charge in [0.2, 0.25) is 0 Å². The van der Waals surface area contributed by atoms with Crippen LogP contribution >= 0.6 is 0 Å². The predicted molar refractivity (Wildman–Crippen MR) is 112 cm³/mol. The molecule has 0 aliphatic heterocycles. The zero-order chi connectivity index (χ0) is 21.3. The zero-order valence-corrected chi connectivity index (χ0v) is 16.7. The van der Waals surface area contributed by atoms with Gasteiger partial charge >= 0.3 is 5.97 Å². The summed E-state index contributed by atoms with van der Waals surface area (Å²) in [5.41, 5.74) is 3.08. The number of hydrogen-bond acceptors (Lipinski definition) is 6. The first-order chi connectivity index (χ1) is 14.5. The maximum atomic E-state index is 12.1. The number of amides is 1. The van der Waals surface area contributed by atoms with Crippen molar-refractivity contribution >= 4 is 23.6 Å². The summed E-state index contributed by atoms with van der Waals surface area (Å²) < 4.78 is 11.8. The Balaban J connectivity index is 1.48. The van der Waals surface area contributed by atoms with Crippen molar-refractivity contribution in [3.63, 3.8) is 0 Å². The van der Waals surface area contributed by atoms with Crippen LogP contribution in [-0.2, 0) is 20.9 Å². The number of aromatic nitrogens is 3. The number of rotatable bonds is 8. The lowest BCUT2D eigenvalue weighted by Crippen LogP contribution is -2.20. The van der Waals surface area contributed by atoms with Gasteiger partial charge in [-0.05, 0) is 36.3 Å². The first-order valence-corrected chi connectivity index (χ1v) is 9.27. The molecule has 0 aliphatic carbocycles. The molecule has 0 saturated carbocycles. The molecule has 154 valence electrons. The lowest BCUT2D eigenvalue weighted by molar-refractivity contribution is -0.142. The second kappa shape index (κ2) is 10.0. The minimum atomic E-state index is -0.654. The number of aryl methyl sites for hydroxylation is 1. The van der Waals surface area contributed by atoms with Crippen LogP contribution in [0.5, 0.6) is 5.75 Å². The second-order valence-corrected chi connectivity index (χ2v) is 6.52. The number of nitrogens with zero attached hydrogens (tertiary/aromatic N) is 3. The van der Waals surface area contributed by atoms with E-state index >= 15 is 0 Å². The molecule has 0 radical (unpaired) electrons. The molecular weight excluding hydrogens is 384 g/mol.